The molecule has 100 valence electrons. The van der Waals surface area contributed by atoms with Crippen molar-refractivity contribution >= 4 is 5.69 Å². The monoisotopic (exact) mass is 263 g/mol. The Bertz CT molecular complexity index is 594. The second kappa shape index (κ2) is 5.49. The first-order valence-corrected chi connectivity index (χ1v) is 5.58. The van der Waals surface area contributed by atoms with Gasteiger partial charge in [0.1, 0.15) is 6.61 Å². The molecule has 0 bridgehead atoms. The van der Waals surface area contributed by atoms with Gasteiger partial charge in [0.25, 0.3) is 0 Å². The van der Waals surface area contributed by atoms with Crippen molar-refractivity contribution in [3.63, 3.8) is 0 Å². The van der Waals surface area contributed by atoms with Crippen molar-refractivity contribution in [2.75, 3.05) is 0 Å². The van der Waals surface area contributed by atoms with Crippen LogP contribution in [0.4, 0.5) is 5.69 Å². The maximum Gasteiger partial charge on any atom is 0.311 e. The summed E-state index contributed by atoms with van der Waals surface area (Å²) >= 11 is 0. The first kappa shape index (κ1) is 13.0. The van der Waals surface area contributed by atoms with Crippen LogP contribution < -0.4 is 4.74 Å². The van der Waals surface area contributed by atoms with E-state index in [0.717, 1.165) is 5.69 Å². The number of hydrogen-bond acceptors (Lipinski definition) is 5. The van der Waals surface area contributed by atoms with Crippen LogP contribution in [0.5, 0.6) is 5.75 Å². The molecule has 19 heavy (non-hydrogen) atoms. The number of nitro groups is 1. The summed E-state index contributed by atoms with van der Waals surface area (Å²) in [6.45, 7) is -0.0569. The van der Waals surface area contributed by atoms with Gasteiger partial charge in [0.05, 0.1) is 29.7 Å². The van der Waals surface area contributed by atoms with Crippen molar-refractivity contribution < 1.29 is 14.8 Å². The van der Waals surface area contributed by atoms with E-state index in [2.05, 4.69) is 4.98 Å². The number of benzene rings is 1. The summed E-state index contributed by atoms with van der Waals surface area (Å²) in [5.41, 5.74) is 1.12. The van der Waals surface area contributed by atoms with Gasteiger partial charge < -0.3 is 14.4 Å². The molecular formula is C12H13N3O4. The van der Waals surface area contributed by atoms with Gasteiger partial charge in [-0.05, 0) is 11.6 Å². The highest BCUT2D eigenvalue weighted by Gasteiger charge is 2.16. The second-order valence-electron chi connectivity index (χ2n) is 4.00. The molecule has 0 aliphatic carbocycles. The summed E-state index contributed by atoms with van der Waals surface area (Å²) in [4.78, 5) is 14.3. The minimum Gasteiger partial charge on any atom is -0.480 e. The van der Waals surface area contributed by atoms with Crippen molar-refractivity contribution in [3.8, 4) is 5.75 Å². The number of ether oxygens (including phenoxy) is 1. The number of aliphatic hydroxyl groups is 1. The minimum absolute atomic E-state index is 0.159. The fourth-order valence-electron chi connectivity index (χ4n) is 1.60. The molecule has 7 nitrogen and oxygen atoms in total. The van der Waals surface area contributed by atoms with Crippen LogP contribution in [0.1, 0.15) is 11.3 Å². The van der Waals surface area contributed by atoms with Crippen molar-refractivity contribution in [2.45, 2.75) is 13.2 Å². The van der Waals surface area contributed by atoms with Crippen LogP contribution in [-0.2, 0) is 20.3 Å². The van der Waals surface area contributed by atoms with Crippen molar-refractivity contribution in [3.05, 3.63) is 52.1 Å². The Morgan fingerprint density at radius 2 is 2.32 bits per heavy atom. The lowest BCUT2D eigenvalue weighted by molar-refractivity contribution is -0.386. The average Bonchev–Trinajstić information content (AvgIpc) is 2.81. The molecule has 2 aromatic rings. The Labute approximate surface area is 109 Å². The average molecular weight is 263 g/mol. The Balaban J connectivity index is 2.20. The zero-order valence-electron chi connectivity index (χ0n) is 10.3. The lowest BCUT2D eigenvalue weighted by Crippen LogP contribution is -2.03. The summed E-state index contributed by atoms with van der Waals surface area (Å²) in [6, 6.07) is 4.38. The largest absolute Gasteiger partial charge is 0.480 e. The summed E-state index contributed by atoms with van der Waals surface area (Å²) in [5.74, 6) is 0.170. The van der Waals surface area contributed by atoms with Crippen LogP contribution in [0.3, 0.4) is 0 Å². The zero-order chi connectivity index (χ0) is 13.8. The van der Waals surface area contributed by atoms with E-state index < -0.39 is 4.92 Å². The Kier molecular flexibility index (Phi) is 3.76. The predicted octanol–water partition coefficient (Wildman–Crippen LogP) is 1.40. The molecule has 0 saturated heterocycles. The third kappa shape index (κ3) is 2.89. The molecule has 1 aromatic heterocycles. The summed E-state index contributed by atoms with van der Waals surface area (Å²) in [6.07, 6.45) is 3.26. The molecule has 0 aliphatic rings. The molecular weight excluding hydrogens is 250 g/mol. The third-order valence-corrected chi connectivity index (χ3v) is 2.69. The van der Waals surface area contributed by atoms with E-state index in [-0.39, 0.29) is 24.7 Å². The van der Waals surface area contributed by atoms with Crippen LogP contribution in [0.2, 0.25) is 0 Å². The van der Waals surface area contributed by atoms with Crippen LogP contribution in [0.25, 0.3) is 0 Å². The van der Waals surface area contributed by atoms with Gasteiger partial charge >= 0.3 is 5.69 Å². The van der Waals surface area contributed by atoms with Crippen LogP contribution >= 0.6 is 0 Å². The SMILES string of the molecule is Cn1cncc1COc1ccc(CO)cc1[N+](=O)[O-]. The van der Waals surface area contributed by atoms with Crippen molar-refractivity contribution in [2.24, 2.45) is 7.05 Å². The smallest absolute Gasteiger partial charge is 0.311 e. The van der Waals surface area contributed by atoms with E-state index >= 15 is 0 Å². The Morgan fingerprint density at radius 3 is 2.89 bits per heavy atom. The molecule has 1 N–H and O–H groups in total. The highest BCUT2D eigenvalue weighted by atomic mass is 16.6. The van der Waals surface area contributed by atoms with E-state index in [1.807, 2.05) is 7.05 Å². The lowest BCUT2D eigenvalue weighted by Gasteiger charge is -2.08. The molecule has 0 amide bonds. The van der Waals surface area contributed by atoms with Crippen LogP contribution in [0.15, 0.2) is 30.7 Å². The van der Waals surface area contributed by atoms with Crippen molar-refractivity contribution in [1.82, 2.24) is 9.55 Å². The number of aromatic nitrogens is 2. The summed E-state index contributed by atoms with van der Waals surface area (Å²) in [7, 11) is 1.81. The molecule has 0 unspecified atom stereocenters. The maximum atomic E-state index is 10.9. The quantitative estimate of drug-likeness (QED) is 0.650. The number of nitrogens with zero attached hydrogens (tertiary/aromatic N) is 3. The zero-order valence-corrected chi connectivity index (χ0v) is 10.3. The first-order chi connectivity index (χ1) is 9.11. The number of nitro benzene ring substituents is 1. The van der Waals surface area contributed by atoms with E-state index in [4.69, 9.17) is 9.84 Å². The fraction of sp³-hybridized carbons (Fsp3) is 0.250. The molecule has 0 atom stereocenters. The molecule has 1 aromatic carbocycles. The van der Waals surface area contributed by atoms with Gasteiger partial charge in [0, 0.05) is 13.1 Å². The number of aryl methyl sites for hydroxylation is 1. The highest BCUT2D eigenvalue weighted by molar-refractivity contribution is 5.48. The maximum absolute atomic E-state index is 10.9. The molecule has 7 heteroatoms. The Hall–Kier alpha value is -2.41. The van der Waals surface area contributed by atoms with Gasteiger partial charge in [0.15, 0.2) is 5.75 Å². The number of aliphatic hydroxyl groups excluding tert-OH is 1. The highest BCUT2D eigenvalue weighted by Crippen LogP contribution is 2.28. The van der Waals surface area contributed by atoms with Gasteiger partial charge in [-0.1, -0.05) is 6.07 Å². The summed E-state index contributed by atoms with van der Waals surface area (Å²) < 4.78 is 7.21. The van der Waals surface area contributed by atoms with E-state index in [1.165, 1.54) is 12.1 Å². The molecule has 2 rings (SSSR count). The van der Waals surface area contributed by atoms with Gasteiger partial charge in [-0.15, -0.1) is 0 Å². The van der Waals surface area contributed by atoms with Crippen molar-refractivity contribution in [1.29, 1.82) is 0 Å². The number of rotatable bonds is 5. The van der Waals surface area contributed by atoms with Crippen LogP contribution in [-0.4, -0.2) is 19.6 Å². The molecule has 0 fully saturated rings. The second-order valence-corrected chi connectivity index (χ2v) is 4.00. The molecule has 0 aliphatic heterocycles. The van der Waals surface area contributed by atoms with Gasteiger partial charge in [-0.3, -0.25) is 10.1 Å². The standard InChI is InChI=1S/C12H13N3O4/c1-14-8-13-5-10(14)7-19-12-3-2-9(6-16)4-11(12)15(17)18/h2-5,8,16H,6-7H2,1H3. The van der Waals surface area contributed by atoms with E-state index in [9.17, 15) is 10.1 Å². The predicted molar refractivity (Wildman–Crippen MR) is 66.6 cm³/mol. The normalized spacial score (nSPS) is 10.4. The van der Waals surface area contributed by atoms with Crippen LogP contribution in [0, 0.1) is 10.1 Å². The number of imidazole rings is 1. The summed E-state index contributed by atoms with van der Waals surface area (Å²) in [5, 5.41) is 19.9. The third-order valence-electron chi connectivity index (χ3n) is 2.69. The fourth-order valence-corrected chi connectivity index (χ4v) is 1.60. The topological polar surface area (TPSA) is 90.4 Å². The molecule has 0 radical (unpaired) electrons. The minimum atomic E-state index is -0.530. The van der Waals surface area contributed by atoms with Gasteiger partial charge in [-0.25, -0.2) is 4.98 Å². The lowest BCUT2D eigenvalue weighted by atomic mass is 10.2. The van der Waals surface area contributed by atoms with E-state index in [0.29, 0.717) is 5.56 Å². The molecule has 0 saturated carbocycles. The van der Waals surface area contributed by atoms with E-state index in [1.54, 1.807) is 23.2 Å². The Morgan fingerprint density at radius 1 is 1.53 bits per heavy atom. The van der Waals surface area contributed by atoms with Gasteiger partial charge in [-0.2, -0.15) is 0 Å². The van der Waals surface area contributed by atoms with Gasteiger partial charge in [0.2, 0.25) is 0 Å². The first-order valence-electron chi connectivity index (χ1n) is 5.58. The number of hydrogen-bond donors (Lipinski definition) is 1. The molecule has 1 heterocycles. The molecule has 0 spiro atoms.